The number of hydrogen-bond donors (Lipinski definition) is 0. The van der Waals surface area contributed by atoms with Gasteiger partial charge in [0.25, 0.3) is 0 Å². The van der Waals surface area contributed by atoms with E-state index in [1.165, 1.54) is 37.1 Å². The van der Waals surface area contributed by atoms with E-state index in [0.29, 0.717) is 6.04 Å². The first-order valence-electron chi connectivity index (χ1n) is 7.28. The molecule has 0 radical (unpaired) electrons. The van der Waals surface area contributed by atoms with E-state index in [4.69, 9.17) is 0 Å². The van der Waals surface area contributed by atoms with Crippen molar-refractivity contribution in [1.82, 2.24) is 14.7 Å². The highest BCUT2D eigenvalue weighted by molar-refractivity contribution is 9.10. The normalized spacial score (nSPS) is 17.5. The van der Waals surface area contributed by atoms with Gasteiger partial charge in [0.2, 0.25) is 0 Å². The maximum absolute atomic E-state index is 4.58. The van der Waals surface area contributed by atoms with Gasteiger partial charge in [-0.05, 0) is 37.1 Å². The molecular weight excluding hydrogens is 314 g/mol. The minimum Gasteiger partial charge on any atom is -0.303 e. The van der Waals surface area contributed by atoms with Gasteiger partial charge < -0.3 is 4.90 Å². The van der Waals surface area contributed by atoms with Crippen molar-refractivity contribution in [1.29, 1.82) is 0 Å². The Morgan fingerprint density at radius 2 is 1.85 bits per heavy atom. The highest BCUT2D eigenvalue weighted by Gasteiger charge is 2.20. The first-order chi connectivity index (χ1) is 9.76. The molecule has 3 nitrogen and oxygen atoms in total. The zero-order valence-electron chi connectivity index (χ0n) is 11.8. The molecular formula is C16H20BrN3. The van der Waals surface area contributed by atoms with Gasteiger partial charge in [-0.25, -0.2) is 0 Å². The van der Waals surface area contributed by atoms with Crippen LogP contribution in [0.1, 0.15) is 25.8 Å². The topological polar surface area (TPSA) is 21.1 Å². The lowest BCUT2D eigenvalue weighted by Crippen LogP contribution is -2.34. The van der Waals surface area contributed by atoms with Crippen molar-refractivity contribution < 1.29 is 0 Å². The Bertz CT molecular complexity index is 553. The van der Waals surface area contributed by atoms with Crippen molar-refractivity contribution in [2.75, 3.05) is 19.6 Å². The standard InChI is InChI=1S/C16H20BrN3/c1-2-19-9-7-16(8-10-19)20-12-14(11-18-20)13-3-5-15(17)6-4-13/h3-6,11-12,16H,2,7-10H2,1H3. The van der Waals surface area contributed by atoms with Crippen LogP contribution in [0, 0.1) is 0 Å². The number of hydrogen-bond acceptors (Lipinski definition) is 2. The first kappa shape index (κ1) is 13.8. The molecule has 1 aromatic heterocycles. The monoisotopic (exact) mass is 333 g/mol. The second-order valence-electron chi connectivity index (χ2n) is 5.38. The SMILES string of the molecule is CCN1CCC(n2cc(-c3ccc(Br)cc3)cn2)CC1. The second-order valence-corrected chi connectivity index (χ2v) is 6.30. The molecule has 0 N–H and O–H groups in total. The van der Waals surface area contributed by atoms with E-state index in [1.54, 1.807) is 0 Å². The van der Waals surface area contributed by atoms with E-state index in [-0.39, 0.29) is 0 Å². The number of rotatable bonds is 3. The largest absolute Gasteiger partial charge is 0.303 e. The molecule has 0 amide bonds. The van der Waals surface area contributed by atoms with Crippen LogP contribution in [0.3, 0.4) is 0 Å². The van der Waals surface area contributed by atoms with Crippen LogP contribution in [0.2, 0.25) is 0 Å². The predicted octanol–water partition coefficient (Wildman–Crippen LogP) is 3.97. The lowest BCUT2D eigenvalue weighted by Gasteiger charge is -2.31. The number of piperidine rings is 1. The van der Waals surface area contributed by atoms with Gasteiger partial charge in [0.05, 0.1) is 12.2 Å². The van der Waals surface area contributed by atoms with E-state index in [2.05, 4.69) is 68.0 Å². The minimum absolute atomic E-state index is 0.557. The summed E-state index contributed by atoms with van der Waals surface area (Å²) < 4.78 is 3.27. The Balaban J connectivity index is 1.72. The van der Waals surface area contributed by atoms with Crippen LogP contribution < -0.4 is 0 Å². The Morgan fingerprint density at radius 3 is 2.50 bits per heavy atom. The Kier molecular flexibility index (Phi) is 4.22. The Labute approximate surface area is 128 Å². The van der Waals surface area contributed by atoms with Crippen molar-refractivity contribution in [3.8, 4) is 11.1 Å². The lowest BCUT2D eigenvalue weighted by molar-refractivity contribution is 0.187. The molecule has 1 fully saturated rings. The summed E-state index contributed by atoms with van der Waals surface area (Å²) >= 11 is 3.47. The highest BCUT2D eigenvalue weighted by atomic mass is 79.9. The average Bonchev–Trinajstić information content (AvgIpc) is 2.98. The second kappa shape index (κ2) is 6.10. The summed E-state index contributed by atoms with van der Waals surface area (Å²) in [5, 5.41) is 4.58. The lowest BCUT2D eigenvalue weighted by atomic mass is 10.1. The molecule has 1 saturated heterocycles. The maximum atomic E-state index is 4.58. The fourth-order valence-corrected chi connectivity index (χ4v) is 3.09. The van der Waals surface area contributed by atoms with Gasteiger partial charge in [0, 0.05) is 29.3 Å². The van der Waals surface area contributed by atoms with Gasteiger partial charge >= 0.3 is 0 Å². The molecule has 4 heteroatoms. The van der Waals surface area contributed by atoms with Gasteiger partial charge in [0.15, 0.2) is 0 Å². The van der Waals surface area contributed by atoms with E-state index in [9.17, 15) is 0 Å². The molecule has 0 atom stereocenters. The minimum atomic E-state index is 0.557. The van der Waals surface area contributed by atoms with Gasteiger partial charge in [-0.3, -0.25) is 4.68 Å². The summed E-state index contributed by atoms with van der Waals surface area (Å²) in [6, 6.07) is 8.97. The van der Waals surface area contributed by atoms with Crippen LogP contribution in [-0.4, -0.2) is 34.3 Å². The Morgan fingerprint density at radius 1 is 1.15 bits per heavy atom. The molecule has 3 rings (SSSR count). The van der Waals surface area contributed by atoms with Gasteiger partial charge in [-0.15, -0.1) is 0 Å². The number of nitrogens with zero attached hydrogens (tertiary/aromatic N) is 3. The summed E-state index contributed by atoms with van der Waals surface area (Å²) in [4.78, 5) is 2.51. The first-order valence-corrected chi connectivity index (χ1v) is 8.08. The third-order valence-electron chi connectivity index (χ3n) is 4.16. The zero-order valence-corrected chi connectivity index (χ0v) is 13.4. The molecule has 0 spiro atoms. The fraction of sp³-hybridized carbons (Fsp3) is 0.438. The number of benzene rings is 1. The number of likely N-dealkylation sites (tertiary alicyclic amines) is 1. The molecule has 0 aliphatic carbocycles. The third-order valence-corrected chi connectivity index (χ3v) is 4.69. The van der Waals surface area contributed by atoms with Crippen molar-refractivity contribution in [3.63, 3.8) is 0 Å². The molecule has 1 aliphatic rings. The molecule has 106 valence electrons. The molecule has 20 heavy (non-hydrogen) atoms. The van der Waals surface area contributed by atoms with Crippen LogP contribution in [0.4, 0.5) is 0 Å². The Hall–Kier alpha value is -1.13. The number of halogens is 1. The third kappa shape index (κ3) is 2.96. The van der Waals surface area contributed by atoms with Gasteiger partial charge in [-0.1, -0.05) is 35.0 Å². The molecule has 1 aromatic carbocycles. The van der Waals surface area contributed by atoms with Gasteiger partial charge in [-0.2, -0.15) is 5.10 Å². The summed E-state index contributed by atoms with van der Waals surface area (Å²) in [5.41, 5.74) is 2.43. The molecule has 0 unspecified atom stereocenters. The maximum Gasteiger partial charge on any atom is 0.0568 e. The molecule has 2 aromatic rings. The molecule has 1 aliphatic heterocycles. The van der Waals surface area contributed by atoms with Crippen molar-refractivity contribution in [2.45, 2.75) is 25.8 Å². The van der Waals surface area contributed by atoms with Crippen molar-refractivity contribution in [3.05, 3.63) is 41.1 Å². The average molecular weight is 334 g/mol. The van der Waals surface area contributed by atoms with Crippen molar-refractivity contribution >= 4 is 15.9 Å². The quantitative estimate of drug-likeness (QED) is 0.847. The summed E-state index contributed by atoms with van der Waals surface area (Å²) in [7, 11) is 0. The van der Waals surface area contributed by atoms with Crippen LogP contribution in [0.25, 0.3) is 11.1 Å². The summed E-state index contributed by atoms with van der Waals surface area (Å²) in [5.74, 6) is 0. The molecule has 0 saturated carbocycles. The van der Waals surface area contributed by atoms with Crippen LogP contribution >= 0.6 is 15.9 Å². The van der Waals surface area contributed by atoms with E-state index in [1.807, 2.05) is 6.20 Å². The molecule has 2 heterocycles. The summed E-state index contributed by atoms with van der Waals surface area (Å²) in [6.45, 7) is 5.78. The van der Waals surface area contributed by atoms with E-state index in [0.717, 1.165) is 11.0 Å². The van der Waals surface area contributed by atoms with E-state index < -0.39 is 0 Å². The zero-order chi connectivity index (χ0) is 13.9. The smallest absolute Gasteiger partial charge is 0.0568 e. The summed E-state index contributed by atoms with van der Waals surface area (Å²) in [6.07, 6.45) is 6.58. The van der Waals surface area contributed by atoms with Crippen LogP contribution in [0.5, 0.6) is 0 Å². The highest BCUT2D eigenvalue weighted by Crippen LogP contribution is 2.26. The van der Waals surface area contributed by atoms with Crippen LogP contribution in [0.15, 0.2) is 41.1 Å². The molecule has 0 bridgehead atoms. The fourth-order valence-electron chi connectivity index (χ4n) is 2.83. The van der Waals surface area contributed by atoms with Crippen LogP contribution in [-0.2, 0) is 0 Å². The van der Waals surface area contributed by atoms with Gasteiger partial charge in [0.1, 0.15) is 0 Å². The van der Waals surface area contributed by atoms with Crippen molar-refractivity contribution in [2.24, 2.45) is 0 Å². The predicted molar refractivity (Wildman–Crippen MR) is 85.7 cm³/mol. The van der Waals surface area contributed by atoms with E-state index >= 15 is 0 Å². The number of aromatic nitrogens is 2.